The first-order valence-electron chi connectivity index (χ1n) is 6.83. The largest absolute Gasteiger partial charge is 0.378 e. The van der Waals surface area contributed by atoms with Crippen molar-refractivity contribution in [3.8, 4) is 0 Å². The second-order valence-corrected chi connectivity index (χ2v) is 6.65. The minimum absolute atomic E-state index is 0.458. The van der Waals surface area contributed by atoms with E-state index in [2.05, 4.69) is 25.2 Å². The summed E-state index contributed by atoms with van der Waals surface area (Å²) in [4.78, 5) is 1.36. The zero-order valence-electron chi connectivity index (χ0n) is 11.1. The highest BCUT2D eigenvalue weighted by Gasteiger charge is 2.31. The SMILES string of the molecule is CCNC(CC1CC(OCC)C1)c1ccc(Cl)s1. The first-order chi connectivity index (χ1) is 8.72. The molecule has 1 N–H and O–H groups in total. The highest BCUT2D eigenvalue weighted by molar-refractivity contribution is 7.16. The van der Waals surface area contributed by atoms with Gasteiger partial charge < -0.3 is 10.1 Å². The molecule has 2 nitrogen and oxygen atoms in total. The highest BCUT2D eigenvalue weighted by atomic mass is 35.5. The fraction of sp³-hybridized carbons (Fsp3) is 0.714. The van der Waals surface area contributed by atoms with Gasteiger partial charge in [0.1, 0.15) is 0 Å². The molecule has 0 aliphatic heterocycles. The van der Waals surface area contributed by atoms with Crippen LogP contribution in [0.15, 0.2) is 12.1 Å². The predicted octanol–water partition coefficient (Wildman–Crippen LogP) is 4.26. The Hall–Kier alpha value is -0.0900. The van der Waals surface area contributed by atoms with Crippen molar-refractivity contribution >= 4 is 22.9 Å². The maximum absolute atomic E-state index is 6.02. The molecular formula is C14H22ClNOS. The van der Waals surface area contributed by atoms with Crippen LogP contribution in [-0.4, -0.2) is 19.3 Å². The lowest BCUT2D eigenvalue weighted by Gasteiger charge is -2.37. The minimum atomic E-state index is 0.458. The Labute approximate surface area is 119 Å². The lowest BCUT2D eigenvalue weighted by molar-refractivity contribution is -0.0290. The highest BCUT2D eigenvalue weighted by Crippen LogP contribution is 2.38. The molecule has 0 spiro atoms. The molecule has 1 aliphatic carbocycles. The van der Waals surface area contributed by atoms with Crippen molar-refractivity contribution in [2.75, 3.05) is 13.2 Å². The van der Waals surface area contributed by atoms with Gasteiger partial charge in [0, 0.05) is 17.5 Å². The van der Waals surface area contributed by atoms with Gasteiger partial charge in [-0.1, -0.05) is 18.5 Å². The zero-order valence-corrected chi connectivity index (χ0v) is 12.7. The van der Waals surface area contributed by atoms with Crippen molar-refractivity contribution in [1.82, 2.24) is 5.32 Å². The van der Waals surface area contributed by atoms with Crippen molar-refractivity contribution in [3.05, 3.63) is 21.3 Å². The summed E-state index contributed by atoms with van der Waals surface area (Å²) in [6, 6.07) is 4.61. The number of ether oxygens (including phenoxy) is 1. The third kappa shape index (κ3) is 3.70. The summed E-state index contributed by atoms with van der Waals surface area (Å²) in [6.07, 6.45) is 4.15. The zero-order chi connectivity index (χ0) is 13.0. The van der Waals surface area contributed by atoms with E-state index in [-0.39, 0.29) is 0 Å². The lowest BCUT2D eigenvalue weighted by atomic mass is 9.78. The molecule has 102 valence electrons. The van der Waals surface area contributed by atoms with Gasteiger partial charge in [-0.25, -0.2) is 0 Å². The van der Waals surface area contributed by atoms with E-state index in [0.29, 0.717) is 12.1 Å². The third-order valence-electron chi connectivity index (χ3n) is 3.55. The van der Waals surface area contributed by atoms with Crippen LogP contribution in [0.5, 0.6) is 0 Å². The standard InChI is InChI=1S/C14H22ClNOS/c1-3-16-12(13-5-6-14(15)18-13)9-10-7-11(8-10)17-4-2/h5-6,10-12,16H,3-4,7-9H2,1-2H3. The average molecular weight is 288 g/mol. The molecule has 2 rings (SSSR count). The normalized spacial score (nSPS) is 24.8. The summed E-state index contributed by atoms with van der Waals surface area (Å²) in [6.45, 7) is 6.07. The number of halogens is 1. The van der Waals surface area contributed by atoms with Crippen molar-refractivity contribution in [2.24, 2.45) is 5.92 Å². The van der Waals surface area contributed by atoms with E-state index < -0.39 is 0 Å². The summed E-state index contributed by atoms with van der Waals surface area (Å²) in [5.74, 6) is 0.798. The molecule has 0 amide bonds. The molecule has 1 heterocycles. The van der Waals surface area contributed by atoms with Crippen LogP contribution in [0.1, 0.15) is 44.0 Å². The molecule has 4 heteroatoms. The van der Waals surface area contributed by atoms with E-state index in [9.17, 15) is 0 Å². The summed E-state index contributed by atoms with van der Waals surface area (Å²) < 4.78 is 6.50. The minimum Gasteiger partial charge on any atom is -0.378 e. The predicted molar refractivity (Wildman–Crippen MR) is 78.5 cm³/mol. The maximum Gasteiger partial charge on any atom is 0.0931 e. The van der Waals surface area contributed by atoms with Gasteiger partial charge in [-0.2, -0.15) is 0 Å². The van der Waals surface area contributed by atoms with Crippen molar-refractivity contribution in [2.45, 2.75) is 45.3 Å². The second-order valence-electron chi connectivity index (χ2n) is 4.90. The van der Waals surface area contributed by atoms with Crippen molar-refractivity contribution in [3.63, 3.8) is 0 Å². The van der Waals surface area contributed by atoms with E-state index in [1.807, 2.05) is 6.07 Å². The first-order valence-corrected chi connectivity index (χ1v) is 8.02. The van der Waals surface area contributed by atoms with Crippen LogP contribution in [0.2, 0.25) is 4.34 Å². The maximum atomic E-state index is 6.02. The van der Waals surface area contributed by atoms with Crippen LogP contribution in [0.3, 0.4) is 0 Å². The monoisotopic (exact) mass is 287 g/mol. The number of hydrogen-bond acceptors (Lipinski definition) is 3. The van der Waals surface area contributed by atoms with Gasteiger partial charge in [0.2, 0.25) is 0 Å². The van der Waals surface area contributed by atoms with Gasteiger partial charge in [0.15, 0.2) is 0 Å². The van der Waals surface area contributed by atoms with E-state index >= 15 is 0 Å². The van der Waals surface area contributed by atoms with Gasteiger partial charge in [-0.3, -0.25) is 0 Å². The molecule has 1 atom stereocenters. The van der Waals surface area contributed by atoms with Gasteiger partial charge >= 0.3 is 0 Å². The van der Waals surface area contributed by atoms with Gasteiger partial charge in [-0.05, 0) is 50.8 Å². The molecule has 1 saturated carbocycles. The lowest BCUT2D eigenvalue weighted by Crippen LogP contribution is -2.34. The van der Waals surface area contributed by atoms with Crippen LogP contribution >= 0.6 is 22.9 Å². The molecule has 0 aromatic carbocycles. The number of thiophene rings is 1. The van der Waals surface area contributed by atoms with E-state index in [0.717, 1.165) is 23.4 Å². The summed E-state index contributed by atoms with van der Waals surface area (Å²) in [5.41, 5.74) is 0. The van der Waals surface area contributed by atoms with Crippen LogP contribution in [-0.2, 0) is 4.74 Å². The number of rotatable bonds is 7. The molecule has 0 radical (unpaired) electrons. The molecule has 1 fully saturated rings. The second kappa shape index (κ2) is 6.90. The summed E-state index contributed by atoms with van der Waals surface area (Å²) >= 11 is 7.72. The quantitative estimate of drug-likeness (QED) is 0.809. The third-order valence-corrected chi connectivity index (χ3v) is 4.90. The summed E-state index contributed by atoms with van der Waals surface area (Å²) in [5, 5.41) is 3.57. The molecular weight excluding hydrogens is 266 g/mol. The molecule has 0 bridgehead atoms. The Balaban J connectivity index is 1.84. The first kappa shape index (κ1) is 14.3. The van der Waals surface area contributed by atoms with Crippen molar-refractivity contribution < 1.29 is 4.74 Å². The van der Waals surface area contributed by atoms with E-state index in [1.54, 1.807) is 11.3 Å². The molecule has 0 saturated heterocycles. The summed E-state index contributed by atoms with van der Waals surface area (Å²) in [7, 11) is 0. The fourth-order valence-electron chi connectivity index (χ4n) is 2.63. The van der Waals surface area contributed by atoms with Crippen LogP contribution < -0.4 is 5.32 Å². The van der Waals surface area contributed by atoms with Crippen molar-refractivity contribution in [1.29, 1.82) is 0 Å². The topological polar surface area (TPSA) is 21.3 Å². The van der Waals surface area contributed by atoms with Crippen LogP contribution in [0.25, 0.3) is 0 Å². The Kier molecular flexibility index (Phi) is 5.49. The Morgan fingerprint density at radius 1 is 1.44 bits per heavy atom. The molecule has 18 heavy (non-hydrogen) atoms. The number of hydrogen-bond donors (Lipinski definition) is 1. The van der Waals surface area contributed by atoms with Gasteiger partial charge in [0.25, 0.3) is 0 Å². The van der Waals surface area contributed by atoms with Crippen LogP contribution in [0.4, 0.5) is 0 Å². The fourth-order valence-corrected chi connectivity index (χ4v) is 3.78. The van der Waals surface area contributed by atoms with Crippen LogP contribution in [0, 0.1) is 5.92 Å². The van der Waals surface area contributed by atoms with E-state index in [1.165, 1.54) is 24.1 Å². The average Bonchev–Trinajstić information content (AvgIpc) is 2.72. The molecule has 1 unspecified atom stereocenters. The van der Waals surface area contributed by atoms with E-state index in [4.69, 9.17) is 16.3 Å². The molecule has 1 aliphatic rings. The smallest absolute Gasteiger partial charge is 0.0931 e. The molecule has 1 aromatic rings. The molecule has 1 aromatic heterocycles. The van der Waals surface area contributed by atoms with Gasteiger partial charge in [0.05, 0.1) is 10.4 Å². The Bertz CT molecular complexity index is 362. The Morgan fingerprint density at radius 2 is 2.22 bits per heavy atom. The van der Waals surface area contributed by atoms with Gasteiger partial charge in [-0.15, -0.1) is 11.3 Å². The number of nitrogens with one attached hydrogen (secondary N) is 1. The Morgan fingerprint density at radius 3 is 2.78 bits per heavy atom.